The Balaban J connectivity index is 0.000000171. The molecule has 4 aromatic rings. The van der Waals surface area contributed by atoms with E-state index in [9.17, 15) is 0 Å². The molecule has 0 amide bonds. The summed E-state index contributed by atoms with van der Waals surface area (Å²) in [4.78, 5) is 0. The normalized spacial score (nSPS) is 40.5. The zero-order chi connectivity index (χ0) is 76.9. The molecule has 14 aliphatic rings. The number of aryl methyl sites for hydroxylation is 2. The van der Waals surface area contributed by atoms with E-state index in [1.165, 1.54) is 44.5 Å². The van der Waals surface area contributed by atoms with E-state index in [2.05, 4.69) is 273 Å². The van der Waals surface area contributed by atoms with Crippen LogP contribution in [0.4, 0.5) is 0 Å². The molecule has 0 aromatic heterocycles. The van der Waals surface area contributed by atoms with Crippen LogP contribution in [0.3, 0.4) is 0 Å². The van der Waals surface area contributed by atoms with Gasteiger partial charge in [-0.15, -0.1) is 12.4 Å². The molecule has 24 unspecified atom stereocenters. The summed E-state index contributed by atoms with van der Waals surface area (Å²) < 4.78 is 11.5. The topological polar surface area (TPSA) is 0 Å². The molecule has 0 saturated heterocycles. The average molecular weight is 1440 g/mol. The minimum Gasteiger partial charge on any atom is -0.147 e. The van der Waals surface area contributed by atoms with Crippen molar-refractivity contribution in [2.45, 2.75) is 339 Å². The van der Waals surface area contributed by atoms with Crippen LogP contribution in [0.5, 0.6) is 0 Å². The van der Waals surface area contributed by atoms with Crippen molar-refractivity contribution in [3.8, 4) is 0 Å². The number of rotatable bonds is 1. The lowest BCUT2D eigenvalue weighted by molar-refractivity contribution is -0.369. The van der Waals surface area contributed by atoms with E-state index in [1.54, 1.807) is 107 Å². The first kappa shape index (κ1) is 77.6. The second kappa shape index (κ2) is 27.2. The van der Waals surface area contributed by atoms with Crippen molar-refractivity contribution in [3.63, 3.8) is 0 Å². The van der Waals surface area contributed by atoms with Gasteiger partial charge in [0, 0.05) is 5.41 Å². The molecule has 18 rings (SSSR count). The van der Waals surface area contributed by atoms with Crippen LogP contribution in [0.15, 0.2) is 78.9 Å². The van der Waals surface area contributed by atoms with Gasteiger partial charge in [-0.1, -0.05) is 296 Å². The second-order valence-electron chi connectivity index (χ2n) is 48.3. The second-order valence-corrected chi connectivity index (χ2v) is 48.3. The summed E-state index contributed by atoms with van der Waals surface area (Å²) in [5.41, 5.74) is 19.0. The van der Waals surface area contributed by atoms with E-state index in [-0.39, 0.29) is 55.7 Å². The zero-order valence-electron chi connectivity index (χ0n) is 74.7. The van der Waals surface area contributed by atoms with Crippen LogP contribution in [0.1, 0.15) is 338 Å². The van der Waals surface area contributed by atoms with Crippen LogP contribution in [0.2, 0.25) is 0 Å². The van der Waals surface area contributed by atoms with Crippen LogP contribution >= 0.6 is 12.4 Å². The van der Waals surface area contributed by atoms with Crippen molar-refractivity contribution in [1.29, 1.82) is 2.67 Å². The Morgan fingerprint density at radius 2 is 0.610 bits per heavy atom. The van der Waals surface area contributed by atoms with E-state index < -0.39 is 0 Å². The Kier molecular flexibility index (Phi) is 20.1. The Labute approximate surface area is 658 Å². The van der Waals surface area contributed by atoms with E-state index in [0.717, 1.165) is 160 Å². The van der Waals surface area contributed by atoms with Gasteiger partial charge < -0.3 is 0 Å². The van der Waals surface area contributed by atoms with Gasteiger partial charge in [0.2, 0.25) is 0 Å². The van der Waals surface area contributed by atoms with Gasteiger partial charge in [-0.05, 0) is 340 Å². The van der Waals surface area contributed by atoms with Gasteiger partial charge in [0.15, 0.2) is 0 Å². The maximum atomic E-state index is 5.75. The lowest BCUT2D eigenvalue weighted by Crippen LogP contribution is -2.82. The monoisotopic (exact) mass is 1440 g/mol. The molecule has 14 saturated carbocycles. The van der Waals surface area contributed by atoms with Crippen molar-refractivity contribution >= 4 is 20.7 Å². The summed E-state index contributed by atoms with van der Waals surface area (Å²) in [6.45, 7) is 66.3. The summed E-state index contributed by atoms with van der Waals surface area (Å²) in [6.07, 6.45) is 24.4. The Morgan fingerprint density at radius 3 is 0.943 bits per heavy atom. The third-order valence-electron chi connectivity index (χ3n) is 34.4. The van der Waals surface area contributed by atoms with Gasteiger partial charge in [-0.25, -0.2) is 0 Å². The maximum Gasteiger partial charge on any atom is 0.0643 e. The van der Waals surface area contributed by atoms with Gasteiger partial charge in [0.05, 0.1) is 8.34 Å². The fraction of sp³-hybridized carbons (Fsp3) is 0.767. The highest BCUT2D eigenvalue weighted by Gasteiger charge is 2.84. The van der Waals surface area contributed by atoms with E-state index in [0.29, 0.717) is 13.8 Å². The van der Waals surface area contributed by atoms with Gasteiger partial charge in [0.25, 0.3) is 0 Å². The third-order valence-corrected chi connectivity index (χ3v) is 34.4. The summed E-state index contributed by atoms with van der Waals surface area (Å²) >= 11 is 0. The van der Waals surface area contributed by atoms with Crippen molar-refractivity contribution < 1.29 is 0 Å². The lowest BCUT2D eigenvalue weighted by Gasteiger charge is -2.86. The first-order valence-electron chi connectivity index (χ1n) is 45.5. The molecular formula is C103H157BCl. The molecule has 4 aromatic carbocycles. The highest BCUT2D eigenvalue weighted by atomic mass is 35.5. The van der Waals surface area contributed by atoms with Crippen molar-refractivity contribution in [2.75, 3.05) is 0 Å². The predicted molar refractivity (Wildman–Crippen MR) is 457 cm³/mol. The Hall–Kier alpha value is -2.77. The molecule has 0 N–H and O–H groups in total. The number of hydrogen-bond donors (Lipinski definition) is 0. The van der Waals surface area contributed by atoms with E-state index in [4.69, 9.17) is 2.67 Å². The van der Waals surface area contributed by atoms with Crippen LogP contribution in [-0.4, -0.2) is 11.0 Å². The minimum absolute atomic E-state index is 0. The van der Waals surface area contributed by atoms with Gasteiger partial charge in [-0.2, -0.15) is 0 Å². The van der Waals surface area contributed by atoms with Gasteiger partial charge in [0.1, 0.15) is 0 Å². The zero-order valence-corrected chi connectivity index (χ0v) is 73.5. The van der Waals surface area contributed by atoms with E-state index in [1.807, 2.05) is 5.56 Å². The van der Waals surface area contributed by atoms with Crippen molar-refractivity contribution in [3.05, 3.63) is 140 Å². The molecule has 14 fully saturated rings. The number of halogens is 1. The number of benzene rings is 4. The highest BCUT2D eigenvalue weighted by Crippen LogP contribution is 2.88. The molecule has 0 aliphatic heterocycles. The highest BCUT2D eigenvalue weighted by molar-refractivity contribution is 5.85. The molecule has 105 heavy (non-hydrogen) atoms. The minimum atomic E-state index is 0. The smallest absolute Gasteiger partial charge is 0.0643 e. The van der Waals surface area contributed by atoms with E-state index >= 15 is 0 Å². The fourth-order valence-electron chi connectivity index (χ4n) is 30.7. The molecule has 0 heterocycles. The predicted octanol–water partition coefficient (Wildman–Crippen LogP) is 27.2. The number of fused-ring (bicyclic) bond motifs is 2. The molecule has 1 radical (unpaired) electrons. The van der Waals surface area contributed by atoms with Gasteiger partial charge >= 0.3 is 0 Å². The van der Waals surface area contributed by atoms with Crippen molar-refractivity contribution in [1.82, 2.24) is 0 Å². The fourth-order valence-corrected chi connectivity index (χ4v) is 30.7. The van der Waals surface area contributed by atoms with Crippen LogP contribution in [0, 0.1) is 174 Å². The van der Waals surface area contributed by atoms with Crippen LogP contribution < -0.4 is 0 Å². The molecule has 24 atom stereocenters. The third kappa shape index (κ3) is 13.4. The molecule has 14 aliphatic carbocycles. The van der Waals surface area contributed by atoms with Crippen LogP contribution in [0.25, 0.3) is 0 Å². The lowest BCUT2D eigenvalue weighted by atomic mass is 9.18. The molecule has 0 spiro atoms. The first-order valence-corrected chi connectivity index (χ1v) is 44.3. The summed E-state index contributed by atoms with van der Waals surface area (Å²) in [5, 5.41) is 0. The van der Waals surface area contributed by atoms with Crippen LogP contribution in [-0.2, 0) is 48.7 Å². The SMILES string of the molecule is CC(C)(C)c1cccc(C(C)(C)C)c1.CC1CC2CC3CC(C)C4CCC5C6CCCC7CC8CC9CCCC%10C%11CCC1C1C2C2C3C4C5C3C2C(C%111)C(C9%10)C8(c1cc(C(C)(C)C)cc(C(C)(C)C)c1)C3C76.Cc1cc(C(C)(C)C)cc(C(C)(C)C)c1.Cc1cc(C(C)(C)C)cc(C(C)(C)C)c1.Cl.[2H][B][3H]. The summed E-state index contributed by atoms with van der Waals surface area (Å²) in [5.74, 6) is 28.8. The first-order chi connectivity index (χ1) is 49.2. The average Bonchev–Trinajstić information content (AvgIpc) is 0.630. The Morgan fingerprint density at radius 1 is 0.324 bits per heavy atom. The maximum absolute atomic E-state index is 5.75. The Bertz CT molecular complexity index is 3520. The molecule has 579 valence electrons. The number of hydrogen-bond acceptors (Lipinski definition) is 0. The molecule has 2 heteroatoms. The summed E-state index contributed by atoms with van der Waals surface area (Å²) in [7, 11) is 0.500. The van der Waals surface area contributed by atoms with Gasteiger partial charge in [-0.3, -0.25) is 0 Å². The molecule has 0 nitrogen and oxygen atoms in total. The quantitative estimate of drug-likeness (QED) is 0.167. The van der Waals surface area contributed by atoms with Crippen molar-refractivity contribution in [2.24, 2.45) is 160 Å². The largest absolute Gasteiger partial charge is 0.147 e. The standard InChI is InChI=1S/C59H84.2C15H24.C14H22.BH2.ClH/c1-27-19-31-21-32-20-28(2)38-16-18-42-40-14-10-12-30-23-35-22-29-11-9-13-39-41-17-15-37(27)47-45(31)51-46(32)48(38)50(42)54-52(51)53(49(41)47)55(43(29)39)59(35,56(54)44(30)40)36-25-33(57(3,4)5)24-34(26-36)58(6,7)8;2*1-11-8-12(14(2,3)4)10-13(9-11)15(5,6)7;1-13(2,3)11-8-7-9-12(10-11)14(4,5)6;;/h24-32,35,37-56H,9-23H2,1-8H3;2*8-10H,1-7H3;7-10H,1-6H3;1H2;1H/i;;;;1TD;. The molecule has 0 bridgehead atoms. The summed E-state index contributed by atoms with van der Waals surface area (Å²) in [6, 6.07) is 31.6. The molecular weight excluding hydrogens is 1280 g/mol.